The first kappa shape index (κ1) is 16.0. The fourth-order valence-electron chi connectivity index (χ4n) is 1.56. The monoisotopic (exact) mass is 280 g/mol. The summed E-state index contributed by atoms with van der Waals surface area (Å²) in [6.07, 6.45) is -0.615. The SMILES string of the molecule is CC(C)(C)OC(=O)N[C@H](CO)c1ccc(C(N)=O)cc1. The quantitative estimate of drug-likeness (QED) is 0.774. The number of hydrogen-bond donors (Lipinski definition) is 3. The van der Waals surface area contributed by atoms with Gasteiger partial charge < -0.3 is 20.9 Å². The minimum absolute atomic E-state index is 0.283. The second-order valence-corrected chi connectivity index (χ2v) is 5.37. The molecule has 6 nitrogen and oxygen atoms in total. The molecule has 0 aliphatic heterocycles. The van der Waals surface area contributed by atoms with Gasteiger partial charge in [-0.3, -0.25) is 4.79 Å². The van der Waals surface area contributed by atoms with Gasteiger partial charge in [0.05, 0.1) is 12.6 Å². The Morgan fingerprint density at radius 3 is 2.25 bits per heavy atom. The molecule has 1 atom stereocenters. The minimum atomic E-state index is -0.615. The molecule has 1 aromatic carbocycles. The molecular weight excluding hydrogens is 260 g/mol. The molecule has 20 heavy (non-hydrogen) atoms. The topological polar surface area (TPSA) is 102 Å². The molecule has 0 unspecified atom stereocenters. The number of aliphatic hydroxyl groups excluding tert-OH is 1. The van der Waals surface area contributed by atoms with Gasteiger partial charge in [0.2, 0.25) is 5.91 Å². The van der Waals surface area contributed by atoms with Gasteiger partial charge in [-0.15, -0.1) is 0 Å². The molecule has 0 aromatic heterocycles. The lowest BCUT2D eigenvalue weighted by atomic mass is 10.1. The van der Waals surface area contributed by atoms with E-state index >= 15 is 0 Å². The first-order valence-electron chi connectivity index (χ1n) is 6.23. The molecule has 0 saturated carbocycles. The van der Waals surface area contributed by atoms with E-state index in [0.29, 0.717) is 11.1 Å². The normalized spacial score (nSPS) is 12.6. The second-order valence-electron chi connectivity index (χ2n) is 5.37. The lowest BCUT2D eigenvalue weighted by molar-refractivity contribution is 0.0481. The summed E-state index contributed by atoms with van der Waals surface area (Å²) in [6.45, 7) is 4.97. The Kier molecular flexibility index (Phi) is 5.10. The number of aliphatic hydroxyl groups is 1. The minimum Gasteiger partial charge on any atom is -0.444 e. The number of carbonyl (C=O) groups excluding carboxylic acids is 2. The number of amides is 2. The zero-order valence-electron chi connectivity index (χ0n) is 11.8. The summed E-state index contributed by atoms with van der Waals surface area (Å²) in [6, 6.07) is 5.72. The van der Waals surface area contributed by atoms with Gasteiger partial charge >= 0.3 is 6.09 Å². The molecule has 0 bridgehead atoms. The van der Waals surface area contributed by atoms with Crippen molar-refractivity contribution in [3.63, 3.8) is 0 Å². The molecule has 110 valence electrons. The van der Waals surface area contributed by atoms with Gasteiger partial charge in [0, 0.05) is 5.56 Å². The van der Waals surface area contributed by atoms with E-state index in [2.05, 4.69) is 5.32 Å². The van der Waals surface area contributed by atoms with E-state index in [-0.39, 0.29) is 6.61 Å². The van der Waals surface area contributed by atoms with Crippen molar-refractivity contribution in [2.45, 2.75) is 32.4 Å². The average Bonchev–Trinajstić information content (AvgIpc) is 2.34. The van der Waals surface area contributed by atoms with Crippen LogP contribution in [0.2, 0.25) is 0 Å². The largest absolute Gasteiger partial charge is 0.444 e. The smallest absolute Gasteiger partial charge is 0.408 e. The number of primary amides is 1. The van der Waals surface area contributed by atoms with Crippen LogP contribution in [-0.4, -0.2) is 29.3 Å². The molecule has 4 N–H and O–H groups in total. The molecule has 0 radical (unpaired) electrons. The number of hydrogen-bond acceptors (Lipinski definition) is 4. The Bertz CT molecular complexity index is 477. The van der Waals surface area contributed by atoms with Crippen LogP contribution in [0.1, 0.15) is 42.7 Å². The lowest BCUT2D eigenvalue weighted by Gasteiger charge is -2.23. The fourth-order valence-corrected chi connectivity index (χ4v) is 1.56. The van der Waals surface area contributed by atoms with Gasteiger partial charge in [0.1, 0.15) is 5.60 Å². The van der Waals surface area contributed by atoms with Gasteiger partial charge in [-0.25, -0.2) is 4.79 Å². The molecule has 0 heterocycles. The Labute approximate surface area is 117 Å². The van der Waals surface area contributed by atoms with Crippen LogP contribution in [0, 0.1) is 0 Å². The molecular formula is C14H20N2O4. The van der Waals surface area contributed by atoms with Crippen molar-refractivity contribution in [3.05, 3.63) is 35.4 Å². The number of nitrogens with two attached hydrogens (primary N) is 1. The van der Waals surface area contributed by atoms with E-state index in [1.807, 2.05) is 0 Å². The van der Waals surface area contributed by atoms with E-state index in [1.54, 1.807) is 32.9 Å². The van der Waals surface area contributed by atoms with Crippen molar-refractivity contribution in [2.24, 2.45) is 5.73 Å². The number of carbonyl (C=O) groups is 2. The van der Waals surface area contributed by atoms with Crippen LogP contribution in [0.5, 0.6) is 0 Å². The maximum atomic E-state index is 11.7. The van der Waals surface area contributed by atoms with Gasteiger partial charge in [0.15, 0.2) is 0 Å². The van der Waals surface area contributed by atoms with Crippen molar-refractivity contribution in [1.29, 1.82) is 0 Å². The molecule has 6 heteroatoms. The Morgan fingerprint density at radius 1 is 1.30 bits per heavy atom. The predicted molar refractivity (Wildman–Crippen MR) is 74.2 cm³/mol. The summed E-state index contributed by atoms with van der Waals surface area (Å²) < 4.78 is 5.12. The zero-order valence-corrected chi connectivity index (χ0v) is 11.8. The van der Waals surface area contributed by atoms with E-state index in [0.717, 1.165) is 0 Å². The molecule has 0 aliphatic carbocycles. The number of nitrogens with one attached hydrogen (secondary N) is 1. The lowest BCUT2D eigenvalue weighted by Crippen LogP contribution is -2.36. The molecule has 1 rings (SSSR count). The van der Waals surface area contributed by atoms with Gasteiger partial charge in [-0.1, -0.05) is 12.1 Å². The van der Waals surface area contributed by atoms with E-state index in [1.165, 1.54) is 12.1 Å². The third kappa shape index (κ3) is 4.89. The molecule has 1 aromatic rings. The Hall–Kier alpha value is -2.08. The number of ether oxygens (including phenoxy) is 1. The van der Waals surface area contributed by atoms with Crippen LogP contribution >= 0.6 is 0 Å². The third-order valence-electron chi connectivity index (χ3n) is 2.47. The first-order chi connectivity index (χ1) is 9.23. The van der Waals surface area contributed by atoms with Crippen LogP contribution < -0.4 is 11.1 Å². The number of benzene rings is 1. The van der Waals surface area contributed by atoms with Gasteiger partial charge in [0.25, 0.3) is 0 Å². The van der Waals surface area contributed by atoms with Crippen LogP contribution in [0.25, 0.3) is 0 Å². The summed E-state index contributed by atoms with van der Waals surface area (Å²) >= 11 is 0. The van der Waals surface area contributed by atoms with Crippen LogP contribution in [0.15, 0.2) is 24.3 Å². The fraction of sp³-hybridized carbons (Fsp3) is 0.429. The van der Waals surface area contributed by atoms with Crippen molar-refractivity contribution in [2.75, 3.05) is 6.61 Å². The van der Waals surface area contributed by atoms with E-state index in [9.17, 15) is 14.7 Å². The van der Waals surface area contributed by atoms with Crippen molar-refractivity contribution in [3.8, 4) is 0 Å². The second kappa shape index (κ2) is 6.38. The highest BCUT2D eigenvalue weighted by molar-refractivity contribution is 5.92. The summed E-state index contributed by atoms with van der Waals surface area (Å²) in [5.41, 5.74) is 5.55. The molecule has 0 saturated heterocycles. The van der Waals surface area contributed by atoms with Gasteiger partial charge in [-0.05, 0) is 38.5 Å². The van der Waals surface area contributed by atoms with Crippen molar-refractivity contribution in [1.82, 2.24) is 5.32 Å². The van der Waals surface area contributed by atoms with Crippen LogP contribution in [0.3, 0.4) is 0 Å². The van der Waals surface area contributed by atoms with E-state index < -0.39 is 23.6 Å². The maximum Gasteiger partial charge on any atom is 0.408 e. The average molecular weight is 280 g/mol. The summed E-state index contributed by atoms with van der Waals surface area (Å²) in [5, 5.41) is 11.9. The number of rotatable bonds is 4. The van der Waals surface area contributed by atoms with Crippen molar-refractivity contribution >= 4 is 12.0 Å². The predicted octanol–water partition coefficient (Wildman–Crippen LogP) is 1.34. The summed E-state index contributed by atoms with van der Waals surface area (Å²) in [7, 11) is 0. The summed E-state index contributed by atoms with van der Waals surface area (Å²) in [5.74, 6) is -0.530. The van der Waals surface area contributed by atoms with Crippen LogP contribution in [0.4, 0.5) is 4.79 Å². The standard InChI is InChI=1S/C14H20N2O4/c1-14(2,3)20-13(19)16-11(8-17)9-4-6-10(7-5-9)12(15)18/h4-7,11,17H,8H2,1-3H3,(H2,15,18)(H,16,19)/t11-/m1/s1. The van der Waals surface area contributed by atoms with Gasteiger partial charge in [-0.2, -0.15) is 0 Å². The Morgan fingerprint density at radius 2 is 1.85 bits per heavy atom. The zero-order chi connectivity index (χ0) is 15.3. The number of alkyl carbamates (subject to hydrolysis) is 1. The van der Waals surface area contributed by atoms with Crippen molar-refractivity contribution < 1.29 is 19.4 Å². The summed E-state index contributed by atoms with van der Waals surface area (Å²) in [4.78, 5) is 22.6. The van der Waals surface area contributed by atoms with E-state index in [4.69, 9.17) is 10.5 Å². The first-order valence-corrected chi connectivity index (χ1v) is 6.23. The maximum absolute atomic E-state index is 11.7. The van der Waals surface area contributed by atoms with Crippen LogP contribution in [-0.2, 0) is 4.74 Å². The molecule has 2 amide bonds. The Balaban J connectivity index is 2.75. The molecule has 0 aliphatic rings. The highest BCUT2D eigenvalue weighted by Gasteiger charge is 2.20. The highest BCUT2D eigenvalue weighted by atomic mass is 16.6. The molecule has 0 spiro atoms. The third-order valence-corrected chi connectivity index (χ3v) is 2.47. The highest BCUT2D eigenvalue weighted by Crippen LogP contribution is 2.15. The molecule has 0 fully saturated rings.